The van der Waals surface area contributed by atoms with E-state index in [1.165, 1.54) is 0 Å². The van der Waals surface area contributed by atoms with Gasteiger partial charge in [-0.2, -0.15) is 5.10 Å². The number of phenols is 1. The average molecular weight is 432 g/mol. The highest BCUT2D eigenvalue weighted by Crippen LogP contribution is 2.37. The number of fused-ring (bicyclic) bond motifs is 3. The van der Waals surface area contributed by atoms with Crippen LogP contribution in [-0.4, -0.2) is 62.3 Å². The summed E-state index contributed by atoms with van der Waals surface area (Å²) in [5.41, 5.74) is 3.80. The molecule has 2 aromatic heterocycles. The molecule has 3 atom stereocenters. The number of benzene rings is 1. The summed E-state index contributed by atoms with van der Waals surface area (Å²) in [6, 6.07) is 7.98. The van der Waals surface area contributed by atoms with Crippen LogP contribution in [0.1, 0.15) is 18.4 Å². The standard InChI is InChI=1S/C23H24N6O3/c1-28-10-15(9-24-28)13-2-3-19(21(30)5-13)20-4-14-6-22(31)29(23(14)27-26-20)18-7-16-11-32-12-17(8-18)25-16/h2-5,9-10,16-18,25,30H,6-8,11-12H2,1H3/t16-,17+,18?. The van der Waals surface area contributed by atoms with Gasteiger partial charge in [-0.1, -0.05) is 6.07 Å². The second-order valence-corrected chi connectivity index (χ2v) is 8.88. The van der Waals surface area contributed by atoms with Gasteiger partial charge in [0, 0.05) is 48.1 Å². The number of aromatic hydroxyl groups is 1. The van der Waals surface area contributed by atoms with E-state index in [0.717, 1.165) is 29.5 Å². The number of ether oxygens (including phenoxy) is 1. The number of nitrogens with one attached hydrogen (secondary N) is 1. The number of carbonyl (C=O) groups is 1. The quantitative estimate of drug-likeness (QED) is 0.648. The minimum Gasteiger partial charge on any atom is -0.507 e. The Hall–Kier alpha value is -3.30. The first kappa shape index (κ1) is 19.4. The van der Waals surface area contributed by atoms with Crippen molar-refractivity contribution in [2.45, 2.75) is 37.4 Å². The molecule has 3 aliphatic rings. The van der Waals surface area contributed by atoms with Crippen LogP contribution in [0.15, 0.2) is 36.7 Å². The molecular weight excluding hydrogens is 408 g/mol. The number of aryl methyl sites for hydroxylation is 1. The average Bonchev–Trinajstić information content (AvgIpc) is 3.35. The van der Waals surface area contributed by atoms with Crippen molar-refractivity contribution < 1.29 is 14.6 Å². The zero-order chi connectivity index (χ0) is 21.8. The van der Waals surface area contributed by atoms with Crippen LogP contribution in [0.2, 0.25) is 0 Å². The maximum Gasteiger partial charge on any atom is 0.233 e. The molecule has 2 N–H and O–H groups in total. The lowest BCUT2D eigenvalue weighted by molar-refractivity contribution is -0.118. The number of anilines is 1. The van der Waals surface area contributed by atoms with Crippen LogP contribution in [0.4, 0.5) is 5.82 Å². The van der Waals surface area contributed by atoms with Gasteiger partial charge in [0.05, 0.1) is 31.5 Å². The first-order valence-corrected chi connectivity index (χ1v) is 10.9. The van der Waals surface area contributed by atoms with Gasteiger partial charge >= 0.3 is 0 Å². The molecule has 0 radical (unpaired) electrons. The van der Waals surface area contributed by atoms with E-state index < -0.39 is 0 Å². The number of amides is 1. The molecule has 5 heterocycles. The molecule has 0 spiro atoms. The topological polar surface area (TPSA) is 105 Å². The van der Waals surface area contributed by atoms with Crippen molar-refractivity contribution in [1.29, 1.82) is 0 Å². The third-order valence-corrected chi connectivity index (χ3v) is 6.59. The normalized spacial score (nSPS) is 24.6. The molecule has 2 saturated heterocycles. The number of carbonyl (C=O) groups excluding carboxylic acids is 1. The number of hydrogen-bond acceptors (Lipinski definition) is 7. The van der Waals surface area contributed by atoms with Gasteiger partial charge in [-0.3, -0.25) is 14.4 Å². The van der Waals surface area contributed by atoms with Crippen molar-refractivity contribution in [2.75, 3.05) is 18.1 Å². The zero-order valence-electron chi connectivity index (χ0n) is 17.7. The molecular formula is C23H24N6O3. The van der Waals surface area contributed by atoms with Crippen molar-refractivity contribution in [2.24, 2.45) is 7.05 Å². The summed E-state index contributed by atoms with van der Waals surface area (Å²) in [6.45, 7) is 1.36. The summed E-state index contributed by atoms with van der Waals surface area (Å²) in [7, 11) is 1.85. The Labute approximate surface area is 185 Å². The molecule has 0 aliphatic carbocycles. The Morgan fingerprint density at radius 3 is 2.66 bits per heavy atom. The van der Waals surface area contributed by atoms with Crippen molar-refractivity contribution >= 4 is 11.7 Å². The van der Waals surface area contributed by atoms with Crippen LogP contribution in [0, 0.1) is 0 Å². The number of rotatable bonds is 3. The first-order valence-electron chi connectivity index (χ1n) is 10.9. The number of nitrogens with zero attached hydrogens (tertiary/aromatic N) is 5. The third kappa shape index (κ3) is 3.25. The highest BCUT2D eigenvalue weighted by Gasteiger charge is 2.41. The predicted molar refractivity (Wildman–Crippen MR) is 117 cm³/mol. The Bertz CT molecular complexity index is 1200. The second kappa shape index (κ2) is 7.39. The number of hydrogen-bond donors (Lipinski definition) is 2. The van der Waals surface area contributed by atoms with E-state index in [-0.39, 0.29) is 29.8 Å². The molecule has 1 aromatic carbocycles. The van der Waals surface area contributed by atoms with E-state index in [2.05, 4.69) is 20.6 Å². The third-order valence-electron chi connectivity index (χ3n) is 6.59. The van der Waals surface area contributed by atoms with E-state index in [0.29, 0.717) is 36.7 Å². The summed E-state index contributed by atoms with van der Waals surface area (Å²) < 4.78 is 7.36. The van der Waals surface area contributed by atoms with Gasteiger partial charge in [0.2, 0.25) is 5.91 Å². The minimum atomic E-state index is 0.0634. The zero-order valence-corrected chi connectivity index (χ0v) is 17.7. The highest BCUT2D eigenvalue weighted by molar-refractivity contribution is 6.01. The Kier molecular flexibility index (Phi) is 4.48. The summed E-state index contributed by atoms with van der Waals surface area (Å²) in [5, 5.41) is 27.2. The molecule has 3 aliphatic heterocycles. The molecule has 32 heavy (non-hydrogen) atoms. The number of aromatic nitrogens is 4. The highest BCUT2D eigenvalue weighted by atomic mass is 16.5. The van der Waals surface area contributed by atoms with Crippen LogP contribution in [0.5, 0.6) is 5.75 Å². The van der Waals surface area contributed by atoms with E-state index in [4.69, 9.17) is 4.74 Å². The van der Waals surface area contributed by atoms with E-state index in [1.54, 1.807) is 16.9 Å². The van der Waals surface area contributed by atoms with Crippen LogP contribution >= 0.6 is 0 Å². The summed E-state index contributed by atoms with van der Waals surface area (Å²) in [6.07, 6.45) is 5.65. The largest absolute Gasteiger partial charge is 0.507 e. The van der Waals surface area contributed by atoms with Gasteiger partial charge in [-0.15, -0.1) is 10.2 Å². The Morgan fingerprint density at radius 1 is 1.12 bits per heavy atom. The fourth-order valence-electron chi connectivity index (χ4n) is 5.15. The lowest BCUT2D eigenvalue weighted by Crippen LogP contribution is -2.59. The van der Waals surface area contributed by atoms with E-state index >= 15 is 0 Å². The molecule has 0 saturated carbocycles. The van der Waals surface area contributed by atoms with Gasteiger partial charge in [-0.25, -0.2) is 0 Å². The van der Waals surface area contributed by atoms with Gasteiger partial charge in [0.15, 0.2) is 5.82 Å². The predicted octanol–water partition coefficient (Wildman–Crippen LogP) is 1.66. The van der Waals surface area contributed by atoms with Gasteiger partial charge in [0.1, 0.15) is 5.75 Å². The number of morpholine rings is 1. The second-order valence-electron chi connectivity index (χ2n) is 8.88. The van der Waals surface area contributed by atoms with Crippen LogP contribution in [0.3, 0.4) is 0 Å². The molecule has 164 valence electrons. The number of phenolic OH excluding ortho intramolecular Hbond substituents is 1. The van der Waals surface area contributed by atoms with Crippen LogP contribution < -0.4 is 10.2 Å². The molecule has 9 heteroatoms. The Morgan fingerprint density at radius 2 is 1.94 bits per heavy atom. The number of piperidine rings is 1. The SMILES string of the molecule is Cn1cc(-c2ccc(-c3cc4c(nn3)N(C3C[C@H]5COC[C@@H](C3)N5)C(=O)C4)c(O)c2)cn1. The maximum atomic E-state index is 12.9. The van der Waals surface area contributed by atoms with Gasteiger partial charge in [0.25, 0.3) is 0 Å². The fourth-order valence-corrected chi connectivity index (χ4v) is 5.15. The van der Waals surface area contributed by atoms with E-state index in [1.807, 2.05) is 36.3 Å². The van der Waals surface area contributed by atoms with Crippen molar-refractivity contribution in [3.8, 4) is 28.1 Å². The summed E-state index contributed by atoms with van der Waals surface area (Å²) in [5.74, 6) is 0.831. The van der Waals surface area contributed by atoms with Gasteiger partial charge < -0.3 is 15.2 Å². The first-order chi connectivity index (χ1) is 15.5. The Balaban J connectivity index is 1.29. The molecule has 9 nitrogen and oxygen atoms in total. The van der Waals surface area contributed by atoms with Gasteiger partial charge in [-0.05, 0) is 36.6 Å². The lowest BCUT2D eigenvalue weighted by Gasteiger charge is -2.42. The smallest absolute Gasteiger partial charge is 0.233 e. The van der Waals surface area contributed by atoms with Crippen LogP contribution in [0.25, 0.3) is 22.4 Å². The fraction of sp³-hybridized carbons (Fsp3) is 0.391. The molecule has 2 bridgehead atoms. The van der Waals surface area contributed by atoms with Crippen molar-refractivity contribution in [1.82, 2.24) is 25.3 Å². The maximum absolute atomic E-state index is 12.9. The van der Waals surface area contributed by atoms with E-state index in [9.17, 15) is 9.90 Å². The minimum absolute atomic E-state index is 0.0634. The molecule has 1 unspecified atom stereocenters. The van der Waals surface area contributed by atoms with Crippen molar-refractivity contribution in [3.05, 3.63) is 42.2 Å². The molecule has 1 amide bonds. The molecule has 6 rings (SSSR count). The van der Waals surface area contributed by atoms with Crippen LogP contribution in [-0.2, 0) is 23.0 Å². The summed E-state index contributed by atoms with van der Waals surface area (Å²) >= 11 is 0. The van der Waals surface area contributed by atoms with Crippen molar-refractivity contribution in [3.63, 3.8) is 0 Å². The molecule has 3 aromatic rings. The molecule has 2 fully saturated rings. The lowest BCUT2D eigenvalue weighted by atomic mass is 9.91. The summed E-state index contributed by atoms with van der Waals surface area (Å²) in [4.78, 5) is 14.8. The monoisotopic (exact) mass is 432 g/mol.